The molecule has 0 saturated carbocycles. The Kier molecular flexibility index (Phi) is 75.9. The van der Waals surface area contributed by atoms with Crippen LogP contribution in [-0.4, -0.2) is 149 Å². The molecule has 0 aromatic carbocycles. The third kappa shape index (κ3) is 80.7. The van der Waals surface area contributed by atoms with Crippen LogP contribution in [0.2, 0.25) is 238 Å². The van der Waals surface area contributed by atoms with Crippen molar-refractivity contribution < 1.29 is 172 Å². The Morgan fingerprint density at radius 2 is 0.430 bits per heavy atom. The van der Waals surface area contributed by atoms with Crippen molar-refractivity contribution >= 4 is 155 Å². The van der Waals surface area contributed by atoms with E-state index in [9.17, 15) is 19.2 Å². The van der Waals surface area contributed by atoms with Crippen LogP contribution in [0.25, 0.3) is 0 Å². The largest absolute Gasteiger partial charge is 1.00 e. The summed E-state index contributed by atoms with van der Waals surface area (Å²) in [6.07, 6.45) is 9.23. The van der Waals surface area contributed by atoms with Gasteiger partial charge in [0.2, 0.25) is 0 Å². The molecule has 0 radical (unpaired) electrons. The van der Waals surface area contributed by atoms with Crippen LogP contribution in [0, 0.1) is 102 Å². The fraction of sp³-hybridized carbons (Fsp3) is 0.859. The first-order valence-electron chi connectivity index (χ1n) is 37.7. The van der Waals surface area contributed by atoms with Crippen molar-refractivity contribution in [3.63, 3.8) is 0 Å². The molecule has 0 bridgehead atoms. The van der Waals surface area contributed by atoms with E-state index in [1.54, 1.807) is 0 Å². The van der Waals surface area contributed by atoms with Crippen molar-refractivity contribution in [2.45, 2.75) is 353 Å². The second kappa shape index (κ2) is 63.6. The van der Waals surface area contributed by atoms with Crippen LogP contribution in [0.15, 0.2) is 0 Å². The van der Waals surface area contributed by atoms with Gasteiger partial charge in [0.05, 0.1) is 88.9 Å². The molecule has 27 nitrogen and oxygen atoms in total. The van der Waals surface area contributed by atoms with Crippen molar-refractivity contribution in [2.24, 2.45) is 0 Å². The molecule has 2 rings (SSSR count). The summed E-state index contributed by atoms with van der Waals surface area (Å²) in [7, 11) is -40.8. The van der Waals surface area contributed by atoms with Crippen LogP contribution in [0.5, 0.6) is 0 Å². The van der Waals surface area contributed by atoms with E-state index in [1.165, 1.54) is 26.2 Å². The van der Waals surface area contributed by atoms with Crippen LogP contribution < -0.4 is 113 Å². The van der Waals surface area contributed by atoms with Crippen molar-refractivity contribution in [3.05, 3.63) is 0 Å². The average Bonchev–Trinajstić information content (AvgIpc) is 0.762. The van der Waals surface area contributed by atoms with Crippen LogP contribution in [0.3, 0.4) is 0 Å². The minimum Gasteiger partial charge on any atom is -0.870 e. The molecule has 0 amide bonds. The van der Waals surface area contributed by atoms with Crippen molar-refractivity contribution in [2.75, 3.05) is 0 Å². The summed E-state index contributed by atoms with van der Waals surface area (Å²) in [6, 6.07) is 23.7. The van der Waals surface area contributed by atoms with Gasteiger partial charge in [-0.2, -0.15) is 58.4 Å². The zero-order valence-corrected chi connectivity index (χ0v) is 94.6. The van der Waals surface area contributed by atoms with Crippen LogP contribution in [-0.2, 0) is 53.5 Å². The zero-order valence-electron chi connectivity index (χ0n) is 76.9. The van der Waals surface area contributed by atoms with E-state index in [0.717, 1.165) is 12.5 Å². The summed E-state index contributed by atoms with van der Waals surface area (Å²) in [4.78, 5) is 48.0. The van der Waals surface area contributed by atoms with Gasteiger partial charge in [0.25, 0.3) is 0 Å². The van der Waals surface area contributed by atoms with Gasteiger partial charge in [-0.05, 0) is 250 Å². The Morgan fingerprint density at radius 3 is 0.588 bits per heavy atom. The maximum Gasteiger partial charge on any atom is 1.00 e. The molecule has 0 aromatic heterocycles. The van der Waals surface area contributed by atoms with Gasteiger partial charge in [-0.15, -0.1) is 0 Å². The molecule has 2 aliphatic rings. The van der Waals surface area contributed by atoms with E-state index in [-0.39, 0.29) is 99.8 Å². The Morgan fingerprint density at radius 1 is 0.272 bits per heavy atom. The predicted octanol–water partition coefficient (Wildman–Crippen LogP) is 1.08. The standard InChI is InChI=1S/C20H36N4O4Si4.C15H39NO4Si5.2C10H18N2O3Si2.C6H18O3Si3.C3H9ClSi.5Li.H2O/c1-29(17-9-5-13-21)25-30(2,18-10-6-14-22)27-32(4,20-12-8-16-24)28-31(3,26-29)19-11-7-15-23;1-21(2,3)17-23(7,8)19-25(11,15-13-12-14-16)20-24(9,10)18-22(4,5)6;2*1-16(13,9-5-3-7-11)15-17(2,14)10-6-4-8-12;1-10(2)7-11(3,4)9-12(5,6)8-10;1-5(2,3)4;;;;;;/h5-12,17-20H2,1-4H3;12-13,15H2,1-11H3;2*3-6,9-10H2,1-2H3;1-6H3;1-3H3;;;;;;1H2/q;;2*-2;;;5*+1;/p-1. The quantitative estimate of drug-likeness (QED) is 0.0472. The van der Waals surface area contributed by atoms with E-state index < -0.39 is 144 Å². The van der Waals surface area contributed by atoms with Gasteiger partial charge < -0.3 is 78.2 Å². The van der Waals surface area contributed by atoms with E-state index in [1.807, 2.05) is 50.5 Å². The summed E-state index contributed by atoms with van der Waals surface area (Å²) in [6.45, 7) is 56.6. The van der Waals surface area contributed by atoms with E-state index in [4.69, 9.17) is 112 Å². The molecule has 4 atom stereocenters. The van der Waals surface area contributed by atoms with Crippen LogP contribution in [0.1, 0.15) is 116 Å². The van der Waals surface area contributed by atoms with Gasteiger partial charge in [0, 0.05) is 57.8 Å². The molecule has 2 heterocycles. The minimum atomic E-state index is -3.17. The molecule has 2 saturated heterocycles. The predicted molar refractivity (Wildman–Crippen MR) is 461 cm³/mol. The molecular weight excluding hydrogens is 1730 g/mol. The molecular formula is C64H139ClLi5N9O18Si17. The second-order valence-electron chi connectivity index (χ2n) is 33.9. The van der Waals surface area contributed by atoms with Crippen molar-refractivity contribution in [1.29, 1.82) is 47.4 Å². The van der Waals surface area contributed by atoms with Gasteiger partial charge in [0.1, 0.15) is 7.38 Å². The average molecular weight is 1870 g/mol. The fourth-order valence-electron chi connectivity index (χ4n) is 12.4. The third-order valence-electron chi connectivity index (χ3n) is 14.4. The molecule has 0 aromatic rings. The molecule has 0 aliphatic carbocycles. The number of unbranched alkanes of at least 4 members (excludes halogenated alkanes) is 9. The van der Waals surface area contributed by atoms with E-state index in [0.29, 0.717) is 158 Å². The van der Waals surface area contributed by atoms with Gasteiger partial charge in [0.15, 0.2) is 16.6 Å². The van der Waals surface area contributed by atoms with Crippen molar-refractivity contribution in [1.82, 2.24) is 0 Å². The molecule has 628 valence electrons. The molecule has 2 fully saturated rings. The molecule has 1 N–H and O–H groups in total. The monoisotopic (exact) mass is 1870 g/mol. The Balaban J connectivity index is -0.000000149. The topological polar surface area (TPSA) is 456 Å². The number of nitriles is 9. The van der Waals surface area contributed by atoms with Gasteiger partial charge in [-0.3, -0.25) is 0 Å². The van der Waals surface area contributed by atoms with Crippen LogP contribution in [0.4, 0.5) is 0 Å². The third-order valence-corrected chi connectivity index (χ3v) is 74.5. The van der Waals surface area contributed by atoms with Gasteiger partial charge >= 0.3 is 180 Å². The first-order chi connectivity index (χ1) is 48.7. The SMILES string of the molecule is C[Si](C)(C)Cl.C[Si](C)(C)O[Si](C)(C)O[Si](C)(CCCC#N)O[Si](C)(C)O[Si](C)(C)C.C[Si]([O-])(CCCC#N)O[Si](C)([O-])CCCC#N.C[Si]([O-])(CCCC#N)O[Si](C)([O-])CCCC#N.C[Si]1(C)O[Si](C)(C)O[Si](C)(C)O1.C[Si]1(CCCC#N)O[Si](C)(CCCC#N)O[Si](C)(CCCC#N)O[Si](C)(CCCC#N)O1.[Li+].[Li+].[Li+].[Li+].[Li+].[OH-]. The summed E-state index contributed by atoms with van der Waals surface area (Å²) < 4.78 is 81.5. The second-order valence-corrected chi connectivity index (χ2v) is 99.4. The number of hydrogen-bond acceptors (Lipinski definition) is 27. The smallest absolute Gasteiger partial charge is 0.870 e. The first-order valence-corrected chi connectivity index (χ1v) is 85.8. The molecule has 4 unspecified atom stereocenters. The molecule has 0 spiro atoms. The number of hydrogen-bond donors (Lipinski definition) is 0. The Hall–Kier alpha value is 1.65. The van der Waals surface area contributed by atoms with E-state index in [2.05, 4.69) is 161 Å². The molecule has 2 aliphatic heterocycles. The van der Waals surface area contributed by atoms with E-state index >= 15 is 0 Å². The summed E-state index contributed by atoms with van der Waals surface area (Å²) >= 11 is 5.67. The fourth-order valence-corrected chi connectivity index (χ4v) is 87.1. The Bertz CT molecular complexity index is 2700. The molecule has 114 heavy (non-hydrogen) atoms. The first kappa shape index (κ1) is 136. The van der Waals surface area contributed by atoms with Gasteiger partial charge in [-0.1, -0.05) is 45.8 Å². The minimum absolute atomic E-state index is 0. The maximum atomic E-state index is 12.0. The zero-order chi connectivity index (χ0) is 85.1. The summed E-state index contributed by atoms with van der Waals surface area (Å²) in [5.74, 6) is 0. The molecule has 50 heteroatoms. The van der Waals surface area contributed by atoms with Crippen LogP contribution >= 0.6 is 11.1 Å². The number of rotatable bonds is 39. The summed E-state index contributed by atoms with van der Waals surface area (Å²) in [5, 5.41) is 78.5. The van der Waals surface area contributed by atoms with Crippen molar-refractivity contribution in [3.8, 4) is 54.6 Å². The number of nitrogens with zero attached hydrogens (tertiary/aromatic N) is 9. The number of halogens is 1. The maximum absolute atomic E-state index is 12.0. The Labute approximate surface area is 774 Å². The van der Waals surface area contributed by atoms with Gasteiger partial charge in [-0.25, -0.2) is 0 Å². The normalized spacial score (nSPS) is 21.4. The summed E-state index contributed by atoms with van der Waals surface area (Å²) in [5.41, 5.74) is 0.